The van der Waals surface area contributed by atoms with E-state index in [0.29, 0.717) is 27.1 Å². The third-order valence-corrected chi connectivity index (χ3v) is 4.78. The lowest BCUT2D eigenvalue weighted by Crippen LogP contribution is -2.48. The van der Waals surface area contributed by atoms with Gasteiger partial charge in [-0.1, -0.05) is 29.3 Å². The van der Waals surface area contributed by atoms with Gasteiger partial charge in [0.2, 0.25) is 5.91 Å². The number of ether oxygens (including phenoxy) is 2. The van der Waals surface area contributed by atoms with Crippen molar-refractivity contribution in [2.75, 3.05) is 20.8 Å². The highest BCUT2D eigenvalue weighted by atomic mass is 35.5. The molecule has 0 aliphatic rings. The van der Waals surface area contributed by atoms with E-state index >= 15 is 0 Å². The van der Waals surface area contributed by atoms with E-state index in [4.69, 9.17) is 32.7 Å². The van der Waals surface area contributed by atoms with Gasteiger partial charge in [0.1, 0.15) is 17.5 Å². The van der Waals surface area contributed by atoms with E-state index in [9.17, 15) is 9.59 Å². The Morgan fingerprint density at radius 2 is 1.75 bits per heavy atom. The maximum Gasteiger partial charge on any atom is 0.261 e. The Bertz CT molecular complexity index is 827. The summed E-state index contributed by atoms with van der Waals surface area (Å²) in [5, 5.41) is 3.47. The van der Waals surface area contributed by atoms with Crippen LogP contribution in [0.15, 0.2) is 42.5 Å². The number of nitrogens with zero attached hydrogens (tertiary/aromatic N) is 1. The van der Waals surface area contributed by atoms with Crippen molar-refractivity contribution in [2.45, 2.75) is 19.5 Å². The molecule has 8 heteroatoms. The van der Waals surface area contributed by atoms with E-state index in [1.807, 2.05) is 0 Å². The Balaban J connectivity index is 2.14. The molecule has 1 atom stereocenters. The molecule has 0 aromatic heterocycles. The normalized spacial score (nSPS) is 11.5. The van der Waals surface area contributed by atoms with Crippen LogP contribution in [0, 0.1) is 0 Å². The van der Waals surface area contributed by atoms with E-state index in [0.717, 1.165) is 0 Å². The monoisotopic (exact) mass is 424 g/mol. The summed E-state index contributed by atoms with van der Waals surface area (Å²) in [5.41, 5.74) is 0.680. The third-order valence-electron chi connectivity index (χ3n) is 4.19. The van der Waals surface area contributed by atoms with Gasteiger partial charge in [-0.2, -0.15) is 0 Å². The second-order valence-electron chi connectivity index (χ2n) is 6.01. The van der Waals surface area contributed by atoms with Gasteiger partial charge in [0.05, 0.1) is 7.11 Å². The molecule has 2 aromatic carbocycles. The minimum atomic E-state index is -0.705. The standard InChI is InChI=1S/C20H22Cl2N2O4/c1-13(20(26)23-2)24(11-14-4-5-15(21)10-18(14)22)19(25)12-28-17-8-6-16(27-3)7-9-17/h4-10,13H,11-12H2,1-3H3,(H,23,26)/t13-/m0/s1. The highest BCUT2D eigenvalue weighted by Gasteiger charge is 2.26. The molecule has 28 heavy (non-hydrogen) atoms. The lowest BCUT2D eigenvalue weighted by molar-refractivity contribution is -0.142. The first-order chi connectivity index (χ1) is 13.3. The minimum Gasteiger partial charge on any atom is -0.497 e. The molecule has 150 valence electrons. The number of methoxy groups -OCH3 is 1. The molecule has 0 spiro atoms. The number of benzene rings is 2. The molecule has 2 aromatic rings. The summed E-state index contributed by atoms with van der Waals surface area (Å²) in [6, 6.07) is 11.2. The fourth-order valence-corrected chi connectivity index (χ4v) is 2.99. The van der Waals surface area contributed by atoms with Gasteiger partial charge >= 0.3 is 0 Å². The Labute approximate surface area is 174 Å². The van der Waals surface area contributed by atoms with Crippen LogP contribution in [0.25, 0.3) is 0 Å². The molecule has 0 aliphatic heterocycles. The Morgan fingerprint density at radius 1 is 1.11 bits per heavy atom. The van der Waals surface area contributed by atoms with Crippen molar-refractivity contribution in [2.24, 2.45) is 0 Å². The lowest BCUT2D eigenvalue weighted by atomic mass is 10.1. The molecule has 0 heterocycles. The molecular weight excluding hydrogens is 403 g/mol. The smallest absolute Gasteiger partial charge is 0.261 e. The zero-order valence-electron chi connectivity index (χ0n) is 15.9. The van der Waals surface area contributed by atoms with Crippen LogP contribution < -0.4 is 14.8 Å². The summed E-state index contributed by atoms with van der Waals surface area (Å²) in [7, 11) is 3.09. The highest BCUT2D eigenvalue weighted by Crippen LogP contribution is 2.23. The largest absolute Gasteiger partial charge is 0.497 e. The number of carbonyl (C=O) groups is 2. The van der Waals surface area contributed by atoms with Gasteiger partial charge in [-0.3, -0.25) is 9.59 Å². The number of halogens is 2. The van der Waals surface area contributed by atoms with Crippen LogP contribution in [0.2, 0.25) is 10.0 Å². The topological polar surface area (TPSA) is 67.9 Å². The van der Waals surface area contributed by atoms with Crippen molar-refractivity contribution < 1.29 is 19.1 Å². The average molecular weight is 425 g/mol. The van der Waals surface area contributed by atoms with Crippen molar-refractivity contribution in [1.29, 1.82) is 0 Å². The quantitative estimate of drug-likeness (QED) is 0.703. The fourth-order valence-electron chi connectivity index (χ4n) is 2.52. The molecule has 1 N–H and O–H groups in total. The summed E-state index contributed by atoms with van der Waals surface area (Å²) in [5.74, 6) is 0.568. The number of nitrogens with one attached hydrogen (secondary N) is 1. The number of carbonyl (C=O) groups excluding carboxylic acids is 2. The summed E-state index contributed by atoms with van der Waals surface area (Å²) in [6.45, 7) is 1.57. The van der Waals surface area contributed by atoms with Gasteiger partial charge in [0, 0.05) is 23.6 Å². The van der Waals surface area contributed by atoms with Crippen LogP contribution in [0.3, 0.4) is 0 Å². The SMILES string of the molecule is CNC(=O)[C@H](C)N(Cc1ccc(Cl)cc1Cl)C(=O)COc1ccc(OC)cc1. The van der Waals surface area contributed by atoms with E-state index in [1.54, 1.807) is 56.5 Å². The van der Waals surface area contributed by atoms with Crippen LogP contribution in [-0.4, -0.2) is 43.5 Å². The van der Waals surface area contributed by atoms with Crippen LogP contribution in [0.1, 0.15) is 12.5 Å². The molecule has 2 amide bonds. The molecular formula is C20H22Cl2N2O4. The lowest BCUT2D eigenvalue weighted by Gasteiger charge is -2.28. The van der Waals surface area contributed by atoms with Crippen molar-refractivity contribution in [1.82, 2.24) is 10.2 Å². The number of hydrogen-bond acceptors (Lipinski definition) is 4. The van der Waals surface area contributed by atoms with Gasteiger partial charge < -0.3 is 19.7 Å². The Kier molecular flexibility index (Phi) is 7.96. The molecule has 0 bridgehead atoms. The van der Waals surface area contributed by atoms with Crippen LogP contribution in [-0.2, 0) is 16.1 Å². The van der Waals surface area contributed by atoms with Gasteiger partial charge in [-0.25, -0.2) is 0 Å². The van der Waals surface area contributed by atoms with Crippen LogP contribution in [0.4, 0.5) is 0 Å². The molecule has 0 unspecified atom stereocenters. The third kappa shape index (κ3) is 5.78. The van der Waals surface area contributed by atoms with E-state index in [1.165, 1.54) is 11.9 Å². The first-order valence-electron chi connectivity index (χ1n) is 8.57. The van der Waals surface area contributed by atoms with Crippen LogP contribution >= 0.6 is 23.2 Å². The first kappa shape index (κ1) is 21.9. The molecule has 0 aliphatic carbocycles. The predicted molar refractivity (Wildman–Crippen MR) is 109 cm³/mol. The summed E-state index contributed by atoms with van der Waals surface area (Å²) >= 11 is 12.2. The second kappa shape index (κ2) is 10.2. The van der Waals surface area contributed by atoms with Crippen molar-refractivity contribution in [3.05, 3.63) is 58.1 Å². The first-order valence-corrected chi connectivity index (χ1v) is 9.33. The molecule has 0 fully saturated rings. The zero-order chi connectivity index (χ0) is 20.7. The average Bonchev–Trinajstić information content (AvgIpc) is 2.70. The van der Waals surface area contributed by atoms with Crippen LogP contribution in [0.5, 0.6) is 11.5 Å². The number of amides is 2. The summed E-state index contributed by atoms with van der Waals surface area (Å²) in [4.78, 5) is 26.3. The molecule has 6 nitrogen and oxygen atoms in total. The van der Waals surface area contributed by atoms with E-state index < -0.39 is 6.04 Å². The molecule has 0 radical (unpaired) electrons. The van der Waals surface area contributed by atoms with Gasteiger partial charge in [-0.05, 0) is 48.9 Å². The Morgan fingerprint density at radius 3 is 2.32 bits per heavy atom. The summed E-state index contributed by atoms with van der Waals surface area (Å²) in [6.07, 6.45) is 0. The Hall–Kier alpha value is -2.44. The predicted octanol–water partition coefficient (Wildman–Crippen LogP) is 3.54. The fraction of sp³-hybridized carbons (Fsp3) is 0.300. The van der Waals surface area contributed by atoms with Crippen molar-refractivity contribution in [3.63, 3.8) is 0 Å². The van der Waals surface area contributed by atoms with Crippen molar-refractivity contribution >= 4 is 35.0 Å². The van der Waals surface area contributed by atoms with E-state index in [-0.39, 0.29) is 25.0 Å². The number of likely N-dealkylation sites (N-methyl/N-ethyl adjacent to an activating group) is 1. The number of hydrogen-bond donors (Lipinski definition) is 1. The minimum absolute atomic E-state index is 0.148. The highest BCUT2D eigenvalue weighted by molar-refractivity contribution is 6.35. The van der Waals surface area contributed by atoms with E-state index in [2.05, 4.69) is 5.32 Å². The number of rotatable bonds is 8. The zero-order valence-corrected chi connectivity index (χ0v) is 17.4. The van der Waals surface area contributed by atoms with Gasteiger partial charge in [0.15, 0.2) is 6.61 Å². The summed E-state index contributed by atoms with van der Waals surface area (Å²) < 4.78 is 10.7. The molecule has 0 saturated carbocycles. The van der Waals surface area contributed by atoms with Gasteiger partial charge in [0.25, 0.3) is 5.91 Å². The second-order valence-corrected chi connectivity index (χ2v) is 6.86. The molecule has 0 saturated heterocycles. The maximum absolute atomic E-state index is 12.8. The van der Waals surface area contributed by atoms with Gasteiger partial charge in [-0.15, -0.1) is 0 Å². The molecule has 2 rings (SSSR count). The maximum atomic E-state index is 12.8. The van der Waals surface area contributed by atoms with Crippen molar-refractivity contribution in [3.8, 4) is 11.5 Å².